The molecule has 1 aliphatic rings. The van der Waals surface area contributed by atoms with Gasteiger partial charge in [-0.1, -0.05) is 30.3 Å². The summed E-state index contributed by atoms with van der Waals surface area (Å²) in [4.78, 5) is 36.6. The van der Waals surface area contributed by atoms with E-state index in [2.05, 4.69) is 5.32 Å². The highest BCUT2D eigenvalue weighted by Crippen LogP contribution is 2.25. The van der Waals surface area contributed by atoms with Crippen LogP contribution in [-0.2, 0) is 14.4 Å². The predicted molar refractivity (Wildman–Crippen MR) is 94.1 cm³/mol. The summed E-state index contributed by atoms with van der Waals surface area (Å²) in [6.07, 6.45) is 2.58. The third-order valence-electron chi connectivity index (χ3n) is 3.81. The second-order valence-electron chi connectivity index (χ2n) is 5.60. The SMILES string of the molecule is O=C(O)/C=C/c1cccc(NC2CC(=O)N(c3ccccc3)C2=O)c1. The molecule has 2 aromatic carbocycles. The maximum Gasteiger partial charge on any atom is 0.328 e. The topological polar surface area (TPSA) is 86.7 Å². The largest absolute Gasteiger partial charge is 0.478 e. The number of carbonyl (C=O) groups is 3. The molecule has 1 fully saturated rings. The lowest BCUT2D eigenvalue weighted by Gasteiger charge is -2.16. The van der Waals surface area contributed by atoms with Gasteiger partial charge in [-0.25, -0.2) is 9.69 Å². The van der Waals surface area contributed by atoms with E-state index in [0.29, 0.717) is 16.9 Å². The van der Waals surface area contributed by atoms with E-state index in [4.69, 9.17) is 5.11 Å². The second-order valence-corrected chi connectivity index (χ2v) is 5.60. The molecule has 2 N–H and O–H groups in total. The zero-order valence-corrected chi connectivity index (χ0v) is 13.3. The van der Waals surface area contributed by atoms with Gasteiger partial charge in [0.25, 0.3) is 5.91 Å². The van der Waals surface area contributed by atoms with E-state index in [1.165, 1.54) is 11.0 Å². The molecular weight excluding hydrogens is 320 g/mol. The first kappa shape index (κ1) is 16.4. The first-order chi connectivity index (χ1) is 12.0. The van der Waals surface area contributed by atoms with Crippen LogP contribution in [0.25, 0.3) is 6.08 Å². The number of carboxylic acid groups (broad SMARTS) is 1. The number of imide groups is 1. The van der Waals surface area contributed by atoms with E-state index in [1.54, 1.807) is 48.5 Å². The third kappa shape index (κ3) is 3.74. The lowest BCUT2D eigenvalue weighted by Crippen LogP contribution is -2.34. The number of carboxylic acids is 1. The molecular formula is C19H16N2O4. The highest BCUT2D eigenvalue weighted by atomic mass is 16.4. The van der Waals surface area contributed by atoms with Gasteiger partial charge in [-0.05, 0) is 35.9 Å². The summed E-state index contributed by atoms with van der Waals surface area (Å²) < 4.78 is 0. The molecule has 0 radical (unpaired) electrons. The van der Waals surface area contributed by atoms with E-state index < -0.39 is 12.0 Å². The van der Waals surface area contributed by atoms with Crippen LogP contribution in [0.4, 0.5) is 11.4 Å². The number of para-hydroxylation sites is 1. The van der Waals surface area contributed by atoms with Crippen molar-refractivity contribution in [3.05, 3.63) is 66.2 Å². The van der Waals surface area contributed by atoms with E-state index in [0.717, 1.165) is 6.08 Å². The average molecular weight is 336 g/mol. The van der Waals surface area contributed by atoms with Crippen molar-refractivity contribution in [2.45, 2.75) is 12.5 Å². The summed E-state index contributed by atoms with van der Waals surface area (Å²) in [5, 5.41) is 11.7. The maximum atomic E-state index is 12.6. The van der Waals surface area contributed by atoms with Crippen molar-refractivity contribution in [2.75, 3.05) is 10.2 Å². The number of carbonyl (C=O) groups excluding carboxylic acids is 2. The summed E-state index contributed by atoms with van der Waals surface area (Å²) in [5.74, 6) is -1.59. The number of amides is 2. The molecule has 1 heterocycles. The molecule has 1 aliphatic heterocycles. The van der Waals surface area contributed by atoms with Gasteiger partial charge in [0, 0.05) is 11.8 Å². The van der Waals surface area contributed by atoms with E-state index in [-0.39, 0.29) is 18.2 Å². The minimum Gasteiger partial charge on any atom is -0.478 e. The molecule has 1 atom stereocenters. The van der Waals surface area contributed by atoms with Crippen LogP contribution >= 0.6 is 0 Å². The summed E-state index contributed by atoms with van der Waals surface area (Å²) in [6, 6.07) is 15.1. The Labute approximate surface area is 144 Å². The van der Waals surface area contributed by atoms with Crippen molar-refractivity contribution in [2.24, 2.45) is 0 Å². The van der Waals surface area contributed by atoms with Gasteiger partial charge in [-0.15, -0.1) is 0 Å². The fourth-order valence-electron chi connectivity index (χ4n) is 2.69. The van der Waals surface area contributed by atoms with Crippen molar-refractivity contribution in [1.82, 2.24) is 0 Å². The van der Waals surface area contributed by atoms with E-state index >= 15 is 0 Å². The van der Waals surface area contributed by atoms with Gasteiger partial charge in [-0.3, -0.25) is 9.59 Å². The lowest BCUT2D eigenvalue weighted by molar-refractivity contribution is -0.131. The summed E-state index contributed by atoms with van der Waals surface area (Å²) in [5.41, 5.74) is 1.89. The van der Waals surface area contributed by atoms with Crippen LogP contribution in [0.5, 0.6) is 0 Å². The van der Waals surface area contributed by atoms with Crippen LogP contribution in [0.1, 0.15) is 12.0 Å². The third-order valence-corrected chi connectivity index (χ3v) is 3.81. The Morgan fingerprint density at radius 2 is 1.88 bits per heavy atom. The van der Waals surface area contributed by atoms with E-state index in [1.807, 2.05) is 6.07 Å². The number of hydrogen-bond donors (Lipinski definition) is 2. The van der Waals surface area contributed by atoms with Crippen molar-refractivity contribution in [3.8, 4) is 0 Å². The Morgan fingerprint density at radius 1 is 1.12 bits per heavy atom. The minimum absolute atomic E-state index is 0.0723. The molecule has 126 valence electrons. The second kappa shape index (κ2) is 7.00. The Hall–Kier alpha value is -3.41. The van der Waals surface area contributed by atoms with Crippen LogP contribution < -0.4 is 10.2 Å². The van der Waals surface area contributed by atoms with Crippen molar-refractivity contribution >= 4 is 35.2 Å². The Bertz CT molecular complexity index is 846. The van der Waals surface area contributed by atoms with Gasteiger partial charge >= 0.3 is 5.97 Å². The quantitative estimate of drug-likeness (QED) is 0.647. The molecule has 6 heteroatoms. The zero-order valence-electron chi connectivity index (χ0n) is 13.3. The smallest absolute Gasteiger partial charge is 0.328 e. The zero-order chi connectivity index (χ0) is 17.8. The maximum absolute atomic E-state index is 12.6. The molecule has 0 saturated carbocycles. The number of aliphatic carboxylic acids is 1. The van der Waals surface area contributed by atoms with Crippen LogP contribution in [0.15, 0.2) is 60.7 Å². The first-order valence-electron chi connectivity index (χ1n) is 7.74. The number of nitrogens with one attached hydrogen (secondary N) is 1. The number of benzene rings is 2. The van der Waals surface area contributed by atoms with Crippen LogP contribution in [-0.4, -0.2) is 28.9 Å². The first-order valence-corrected chi connectivity index (χ1v) is 7.74. The number of nitrogens with zero attached hydrogens (tertiary/aromatic N) is 1. The Kier molecular flexibility index (Phi) is 4.61. The average Bonchev–Trinajstić information content (AvgIpc) is 2.88. The standard InChI is InChI=1S/C19H16N2O4/c22-17-12-16(19(25)21(17)15-7-2-1-3-8-15)20-14-6-4-5-13(11-14)9-10-18(23)24/h1-11,16,20H,12H2,(H,23,24)/b10-9+. The fourth-order valence-corrected chi connectivity index (χ4v) is 2.69. The normalized spacial score (nSPS) is 17.3. The molecule has 1 saturated heterocycles. The molecule has 2 amide bonds. The number of rotatable bonds is 5. The molecule has 0 spiro atoms. The van der Waals surface area contributed by atoms with Crippen LogP contribution in [0.2, 0.25) is 0 Å². The van der Waals surface area contributed by atoms with Gasteiger partial charge in [-0.2, -0.15) is 0 Å². The van der Waals surface area contributed by atoms with Gasteiger partial charge in [0.05, 0.1) is 12.1 Å². The lowest BCUT2D eigenvalue weighted by atomic mass is 10.1. The van der Waals surface area contributed by atoms with Crippen molar-refractivity contribution in [3.63, 3.8) is 0 Å². The number of hydrogen-bond acceptors (Lipinski definition) is 4. The van der Waals surface area contributed by atoms with Gasteiger partial charge in [0.15, 0.2) is 0 Å². The predicted octanol–water partition coefficient (Wildman–Crippen LogP) is 2.53. The van der Waals surface area contributed by atoms with Crippen LogP contribution in [0, 0.1) is 0 Å². The highest BCUT2D eigenvalue weighted by Gasteiger charge is 2.39. The monoisotopic (exact) mass is 336 g/mol. The molecule has 3 rings (SSSR count). The number of anilines is 2. The summed E-state index contributed by atoms with van der Waals surface area (Å²) in [7, 11) is 0. The molecule has 0 aliphatic carbocycles. The highest BCUT2D eigenvalue weighted by molar-refractivity contribution is 6.23. The molecule has 2 aromatic rings. The molecule has 25 heavy (non-hydrogen) atoms. The summed E-state index contributed by atoms with van der Waals surface area (Å²) in [6.45, 7) is 0. The van der Waals surface area contributed by atoms with Crippen LogP contribution in [0.3, 0.4) is 0 Å². The fraction of sp³-hybridized carbons (Fsp3) is 0.105. The molecule has 1 unspecified atom stereocenters. The van der Waals surface area contributed by atoms with Gasteiger partial charge < -0.3 is 10.4 Å². The van der Waals surface area contributed by atoms with Gasteiger partial charge in [0.2, 0.25) is 5.91 Å². The van der Waals surface area contributed by atoms with Crippen molar-refractivity contribution in [1.29, 1.82) is 0 Å². The van der Waals surface area contributed by atoms with E-state index in [9.17, 15) is 14.4 Å². The minimum atomic E-state index is -1.03. The van der Waals surface area contributed by atoms with Crippen molar-refractivity contribution < 1.29 is 19.5 Å². The van der Waals surface area contributed by atoms with Gasteiger partial charge in [0.1, 0.15) is 6.04 Å². The Morgan fingerprint density at radius 3 is 2.60 bits per heavy atom. The molecule has 0 bridgehead atoms. The molecule has 6 nitrogen and oxygen atoms in total. The molecule has 0 aromatic heterocycles. The summed E-state index contributed by atoms with van der Waals surface area (Å²) >= 11 is 0. The Balaban J connectivity index is 1.76.